The quantitative estimate of drug-likeness (QED) is 0.778. The van der Waals surface area contributed by atoms with E-state index in [9.17, 15) is 9.59 Å². The van der Waals surface area contributed by atoms with Crippen LogP contribution in [0.2, 0.25) is 0 Å². The molecule has 1 aliphatic heterocycles. The Hall–Kier alpha value is -1.84. The highest BCUT2D eigenvalue weighted by Gasteiger charge is 2.50. The summed E-state index contributed by atoms with van der Waals surface area (Å²) in [6.07, 6.45) is 2.67. The summed E-state index contributed by atoms with van der Waals surface area (Å²) in [5.41, 5.74) is 0.576. The number of rotatable bonds is 2. The van der Waals surface area contributed by atoms with E-state index in [0.29, 0.717) is 17.4 Å². The molecule has 1 aromatic rings. The number of fused-ring (bicyclic) bond motifs is 1. The van der Waals surface area contributed by atoms with Crippen LogP contribution in [0.25, 0.3) is 0 Å². The van der Waals surface area contributed by atoms with E-state index >= 15 is 0 Å². The van der Waals surface area contributed by atoms with E-state index in [2.05, 4.69) is 6.92 Å². The Morgan fingerprint density at radius 3 is 2.55 bits per heavy atom. The molecule has 20 heavy (non-hydrogen) atoms. The number of anilines is 1. The first-order chi connectivity index (χ1) is 9.63. The highest BCUT2D eigenvalue weighted by atomic mass is 16.5. The molecule has 0 spiro atoms. The lowest BCUT2D eigenvalue weighted by molar-refractivity contribution is -0.122. The molecule has 4 nitrogen and oxygen atoms in total. The Morgan fingerprint density at radius 1 is 1.10 bits per heavy atom. The van der Waals surface area contributed by atoms with Crippen molar-refractivity contribution in [1.82, 2.24) is 0 Å². The summed E-state index contributed by atoms with van der Waals surface area (Å²) in [5, 5.41) is 0. The summed E-state index contributed by atoms with van der Waals surface area (Å²) < 4.78 is 5.28. The summed E-state index contributed by atoms with van der Waals surface area (Å²) in [5.74, 6) is 0.693. The SMILES string of the molecule is COc1ccccc1N1C(=O)[C@H]2C[C@@H](C)CC[C@H]2C1=O. The maximum atomic E-state index is 12.6. The monoisotopic (exact) mass is 273 g/mol. The van der Waals surface area contributed by atoms with Crippen LogP contribution in [0, 0.1) is 17.8 Å². The van der Waals surface area contributed by atoms with Gasteiger partial charge in [-0.15, -0.1) is 0 Å². The van der Waals surface area contributed by atoms with Gasteiger partial charge in [-0.25, -0.2) is 4.90 Å². The summed E-state index contributed by atoms with van der Waals surface area (Å²) in [7, 11) is 1.55. The second-order valence-corrected chi connectivity index (χ2v) is 5.81. The molecule has 0 aromatic heterocycles. The lowest BCUT2D eigenvalue weighted by atomic mass is 9.76. The predicted octanol–water partition coefficient (Wildman–Crippen LogP) is 2.62. The third-order valence-corrected chi connectivity index (χ3v) is 4.51. The third-order valence-electron chi connectivity index (χ3n) is 4.51. The molecule has 4 heteroatoms. The number of nitrogens with zero attached hydrogens (tertiary/aromatic N) is 1. The van der Waals surface area contributed by atoms with Gasteiger partial charge in [-0.05, 0) is 37.3 Å². The molecule has 0 radical (unpaired) electrons. The number of hydrogen-bond acceptors (Lipinski definition) is 3. The molecular weight excluding hydrogens is 254 g/mol. The number of imide groups is 1. The molecule has 1 aromatic carbocycles. The number of carbonyl (C=O) groups is 2. The van der Waals surface area contributed by atoms with Gasteiger partial charge in [0.1, 0.15) is 5.75 Å². The Balaban J connectivity index is 1.98. The van der Waals surface area contributed by atoms with E-state index in [1.807, 2.05) is 12.1 Å². The van der Waals surface area contributed by atoms with Crippen molar-refractivity contribution < 1.29 is 14.3 Å². The lowest BCUT2D eigenvalue weighted by Gasteiger charge is -2.25. The molecule has 1 heterocycles. The van der Waals surface area contributed by atoms with E-state index in [0.717, 1.165) is 19.3 Å². The first-order valence-corrected chi connectivity index (χ1v) is 7.14. The Labute approximate surface area is 118 Å². The average Bonchev–Trinajstić information content (AvgIpc) is 2.70. The van der Waals surface area contributed by atoms with E-state index in [1.54, 1.807) is 19.2 Å². The number of hydrogen-bond donors (Lipinski definition) is 0. The third kappa shape index (κ3) is 1.90. The van der Waals surface area contributed by atoms with Crippen LogP contribution in [0.5, 0.6) is 5.75 Å². The minimum Gasteiger partial charge on any atom is -0.495 e. The summed E-state index contributed by atoms with van der Waals surface area (Å²) in [6.45, 7) is 2.15. The zero-order valence-electron chi connectivity index (χ0n) is 11.8. The number of carbonyl (C=O) groups excluding carboxylic acids is 2. The largest absolute Gasteiger partial charge is 0.495 e. The normalized spacial score (nSPS) is 29.5. The fourth-order valence-electron chi connectivity index (χ4n) is 3.44. The van der Waals surface area contributed by atoms with E-state index in [4.69, 9.17) is 4.74 Å². The highest BCUT2D eigenvalue weighted by Crippen LogP contribution is 2.43. The molecule has 1 aliphatic carbocycles. The zero-order chi connectivity index (χ0) is 14.3. The topological polar surface area (TPSA) is 46.6 Å². The second kappa shape index (κ2) is 4.93. The van der Waals surface area contributed by atoms with Crippen LogP contribution in [-0.4, -0.2) is 18.9 Å². The number of amides is 2. The van der Waals surface area contributed by atoms with Crippen LogP contribution >= 0.6 is 0 Å². The Kier molecular flexibility index (Phi) is 3.24. The number of ether oxygens (including phenoxy) is 1. The van der Waals surface area contributed by atoms with E-state index < -0.39 is 0 Å². The maximum Gasteiger partial charge on any atom is 0.237 e. The van der Waals surface area contributed by atoms with Crippen LogP contribution < -0.4 is 9.64 Å². The van der Waals surface area contributed by atoms with Gasteiger partial charge in [0, 0.05) is 0 Å². The van der Waals surface area contributed by atoms with Crippen LogP contribution in [0.1, 0.15) is 26.2 Å². The van der Waals surface area contributed by atoms with Crippen molar-refractivity contribution in [2.24, 2.45) is 17.8 Å². The van der Waals surface area contributed by atoms with Crippen molar-refractivity contribution in [3.05, 3.63) is 24.3 Å². The van der Waals surface area contributed by atoms with Gasteiger partial charge in [0.15, 0.2) is 0 Å². The van der Waals surface area contributed by atoms with Crippen molar-refractivity contribution in [3.63, 3.8) is 0 Å². The number of para-hydroxylation sites is 2. The van der Waals surface area contributed by atoms with E-state index in [-0.39, 0.29) is 23.7 Å². The predicted molar refractivity (Wildman–Crippen MR) is 75.5 cm³/mol. The molecule has 1 saturated carbocycles. The molecule has 3 rings (SSSR count). The summed E-state index contributed by atoms with van der Waals surface area (Å²) in [6, 6.07) is 7.21. The lowest BCUT2D eigenvalue weighted by Crippen LogP contribution is -2.31. The molecule has 0 N–H and O–H groups in total. The van der Waals surface area contributed by atoms with E-state index in [1.165, 1.54) is 4.90 Å². The summed E-state index contributed by atoms with van der Waals surface area (Å²) >= 11 is 0. The highest BCUT2D eigenvalue weighted by molar-refractivity contribution is 6.22. The Bertz CT molecular complexity index is 554. The second-order valence-electron chi connectivity index (χ2n) is 5.81. The average molecular weight is 273 g/mol. The fourth-order valence-corrected chi connectivity index (χ4v) is 3.44. The first kappa shape index (κ1) is 13.2. The molecule has 3 atom stereocenters. The molecule has 2 aliphatic rings. The number of benzene rings is 1. The molecule has 106 valence electrons. The first-order valence-electron chi connectivity index (χ1n) is 7.14. The van der Waals surface area contributed by atoms with Crippen LogP contribution in [0.15, 0.2) is 24.3 Å². The standard InChI is InChI=1S/C16H19NO3/c1-10-7-8-11-12(9-10)16(19)17(15(11)18)13-5-3-4-6-14(13)20-2/h3-6,10-12H,7-9H2,1-2H3/t10-,11+,12-/m0/s1. The molecule has 2 amide bonds. The minimum atomic E-state index is -0.142. The number of methoxy groups -OCH3 is 1. The molecule has 0 unspecified atom stereocenters. The zero-order valence-corrected chi connectivity index (χ0v) is 11.8. The summed E-state index contributed by atoms with van der Waals surface area (Å²) in [4.78, 5) is 26.5. The molecular formula is C16H19NO3. The van der Waals surface area contributed by atoms with Crippen molar-refractivity contribution >= 4 is 17.5 Å². The van der Waals surface area contributed by atoms with Crippen molar-refractivity contribution in [3.8, 4) is 5.75 Å². The van der Waals surface area contributed by atoms with Gasteiger partial charge in [-0.1, -0.05) is 19.1 Å². The fraction of sp³-hybridized carbons (Fsp3) is 0.500. The smallest absolute Gasteiger partial charge is 0.237 e. The molecule has 2 fully saturated rings. The van der Waals surface area contributed by atoms with Crippen molar-refractivity contribution in [2.45, 2.75) is 26.2 Å². The van der Waals surface area contributed by atoms with Gasteiger partial charge in [0.2, 0.25) is 11.8 Å². The molecule has 1 saturated heterocycles. The van der Waals surface area contributed by atoms with Gasteiger partial charge in [0.25, 0.3) is 0 Å². The maximum absolute atomic E-state index is 12.6. The van der Waals surface area contributed by atoms with Gasteiger partial charge in [0.05, 0.1) is 24.6 Å². The van der Waals surface area contributed by atoms with Crippen molar-refractivity contribution in [1.29, 1.82) is 0 Å². The minimum absolute atomic E-state index is 0.0589. The van der Waals surface area contributed by atoms with Crippen molar-refractivity contribution in [2.75, 3.05) is 12.0 Å². The van der Waals surface area contributed by atoms with Gasteiger partial charge in [-0.2, -0.15) is 0 Å². The van der Waals surface area contributed by atoms with Gasteiger partial charge >= 0.3 is 0 Å². The van der Waals surface area contributed by atoms with Gasteiger partial charge < -0.3 is 4.74 Å². The molecule has 0 bridgehead atoms. The van der Waals surface area contributed by atoms with Gasteiger partial charge in [-0.3, -0.25) is 9.59 Å². The van der Waals surface area contributed by atoms with Crippen LogP contribution in [0.3, 0.4) is 0 Å². The van der Waals surface area contributed by atoms with Crippen LogP contribution in [-0.2, 0) is 9.59 Å². The Morgan fingerprint density at radius 2 is 1.80 bits per heavy atom. The van der Waals surface area contributed by atoms with Crippen LogP contribution in [0.4, 0.5) is 5.69 Å².